The minimum Gasteiger partial charge on any atom is -0.351 e. The standard InChI is InChI=1S/C16H24N6O/c1-16(2,3)21-14(23)10-19-15(17-4)18-9-12-11-22-8-6-5-7-13(22)20-12/h5-8,11H,9-10H2,1-4H3,(H,21,23)(H2,17,18,19). The Balaban J connectivity index is 1.84. The lowest BCUT2D eigenvalue weighted by Gasteiger charge is -2.21. The Morgan fingerprint density at radius 2 is 2.09 bits per heavy atom. The summed E-state index contributed by atoms with van der Waals surface area (Å²) in [7, 11) is 1.67. The molecule has 0 unspecified atom stereocenters. The molecule has 0 aromatic carbocycles. The Morgan fingerprint density at radius 3 is 2.74 bits per heavy atom. The van der Waals surface area contributed by atoms with E-state index in [0.717, 1.165) is 11.3 Å². The number of nitrogens with one attached hydrogen (secondary N) is 3. The van der Waals surface area contributed by atoms with Crippen LogP contribution in [0, 0.1) is 0 Å². The van der Waals surface area contributed by atoms with Gasteiger partial charge in [0.25, 0.3) is 0 Å². The molecule has 0 radical (unpaired) electrons. The lowest BCUT2D eigenvalue weighted by molar-refractivity contribution is -0.121. The van der Waals surface area contributed by atoms with Crippen molar-refractivity contribution in [1.29, 1.82) is 0 Å². The molecule has 3 N–H and O–H groups in total. The lowest BCUT2D eigenvalue weighted by atomic mass is 10.1. The molecule has 0 saturated heterocycles. The number of hydrogen-bond acceptors (Lipinski definition) is 3. The Labute approximate surface area is 136 Å². The van der Waals surface area contributed by atoms with Crippen molar-refractivity contribution in [3.63, 3.8) is 0 Å². The molecule has 0 spiro atoms. The zero-order valence-electron chi connectivity index (χ0n) is 14.1. The molecular formula is C16H24N6O. The van der Waals surface area contributed by atoms with Gasteiger partial charge in [0.1, 0.15) is 5.65 Å². The van der Waals surface area contributed by atoms with Gasteiger partial charge in [-0.15, -0.1) is 0 Å². The van der Waals surface area contributed by atoms with Gasteiger partial charge in [0, 0.05) is 25.0 Å². The van der Waals surface area contributed by atoms with Crippen LogP contribution in [0.15, 0.2) is 35.6 Å². The van der Waals surface area contributed by atoms with E-state index < -0.39 is 0 Å². The van der Waals surface area contributed by atoms with E-state index >= 15 is 0 Å². The first kappa shape index (κ1) is 16.8. The molecule has 0 aliphatic heterocycles. The second-order valence-electron chi connectivity index (χ2n) is 6.28. The van der Waals surface area contributed by atoms with Gasteiger partial charge < -0.3 is 20.4 Å². The van der Waals surface area contributed by atoms with Gasteiger partial charge in [0.2, 0.25) is 5.91 Å². The van der Waals surface area contributed by atoms with Gasteiger partial charge in [-0.1, -0.05) is 6.07 Å². The summed E-state index contributed by atoms with van der Waals surface area (Å²) < 4.78 is 1.96. The minimum atomic E-state index is -0.244. The monoisotopic (exact) mass is 316 g/mol. The molecule has 7 heteroatoms. The first-order valence-electron chi connectivity index (χ1n) is 7.55. The number of fused-ring (bicyclic) bond motifs is 1. The molecule has 0 atom stereocenters. The van der Waals surface area contributed by atoms with Crippen LogP contribution >= 0.6 is 0 Å². The predicted molar refractivity (Wildman–Crippen MR) is 91.3 cm³/mol. The van der Waals surface area contributed by atoms with Crippen molar-refractivity contribution in [1.82, 2.24) is 25.3 Å². The number of guanidine groups is 1. The van der Waals surface area contributed by atoms with E-state index in [2.05, 4.69) is 25.9 Å². The Bertz CT molecular complexity index is 665. The third-order valence-corrected chi connectivity index (χ3v) is 3.01. The zero-order valence-corrected chi connectivity index (χ0v) is 14.1. The number of aliphatic imine (C=N–C) groups is 1. The fourth-order valence-corrected chi connectivity index (χ4v) is 2.09. The summed E-state index contributed by atoms with van der Waals surface area (Å²) in [4.78, 5) is 20.4. The normalized spacial score (nSPS) is 12.3. The molecule has 7 nitrogen and oxygen atoms in total. The van der Waals surface area contributed by atoms with Crippen molar-refractivity contribution in [3.05, 3.63) is 36.3 Å². The lowest BCUT2D eigenvalue weighted by Crippen LogP contribution is -2.48. The van der Waals surface area contributed by atoms with E-state index in [0.29, 0.717) is 12.5 Å². The van der Waals surface area contributed by atoms with Gasteiger partial charge in [-0.3, -0.25) is 9.79 Å². The Morgan fingerprint density at radius 1 is 1.30 bits per heavy atom. The molecule has 0 aliphatic carbocycles. The fourth-order valence-electron chi connectivity index (χ4n) is 2.09. The molecule has 2 aromatic rings. The first-order valence-corrected chi connectivity index (χ1v) is 7.55. The number of imidazole rings is 1. The van der Waals surface area contributed by atoms with Crippen molar-refractivity contribution < 1.29 is 4.79 Å². The van der Waals surface area contributed by atoms with E-state index in [1.165, 1.54) is 0 Å². The summed E-state index contributed by atoms with van der Waals surface area (Å²) in [6, 6.07) is 5.86. The van der Waals surface area contributed by atoms with Crippen molar-refractivity contribution in [2.24, 2.45) is 4.99 Å². The van der Waals surface area contributed by atoms with Gasteiger partial charge in [-0.05, 0) is 32.9 Å². The van der Waals surface area contributed by atoms with Crippen LogP contribution in [0.4, 0.5) is 0 Å². The van der Waals surface area contributed by atoms with E-state index in [-0.39, 0.29) is 18.0 Å². The van der Waals surface area contributed by atoms with Gasteiger partial charge >= 0.3 is 0 Å². The number of pyridine rings is 1. The number of nitrogens with zero attached hydrogens (tertiary/aromatic N) is 3. The summed E-state index contributed by atoms with van der Waals surface area (Å²) >= 11 is 0. The van der Waals surface area contributed by atoms with Crippen molar-refractivity contribution in [3.8, 4) is 0 Å². The molecular weight excluding hydrogens is 292 g/mol. The number of amides is 1. The molecule has 1 amide bonds. The molecule has 0 bridgehead atoms. The zero-order chi connectivity index (χ0) is 16.9. The fraction of sp³-hybridized carbons (Fsp3) is 0.438. The van der Waals surface area contributed by atoms with Crippen LogP contribution in [0.2, 0.25) is 0 Å². The smallest absolute Gasteiger partial charge is 0.239 e. The van der Waals surface area contributed by atoms with Crippen LogP contribution in [-0.4, -0.2) is 40.4 Å². The van der Waals surface area contributed by atoms with Crippen LogP contribution in [0.25, 0.3) is 5.65 Å². The largest absolute Gasteiger partial charge is 0.351 e. The number of rotatable bonds is 4. The second-order valence-corrected chi connectivity index (χ2v) is 6.28. The minimum absolute atomic E-state index is 0.0758. The van der Waals surface area contributed by atoms with Crippen molar-refractivity contribution in [2.75, 3.05) is 13.6 Å². The topological polar surface area (TPSA) is 82.8 Å². The number of hydrogen-bond donors (Lipinski definition) is 3. The van der Waals surface area contributed by atoms with E-state index in [1.54, 1.807) is 7.05 Å². The number of aromatic nitrogens is 2. The van der Waals surface area contributed by atoms with E-state index in [9.17, 15) is 4.79 Å². The maximum atomic E-state index is 11.8. The highest BCUT2D eigenvalue weighted by Crippen LogP contribution is 2.03. The van der Waals surface area contributed by atoms with Crippen LogP contribution in [0.1, 0.15) is 26.5 Å². The van der Waals surface area contributed by atoms with Crippen LogP contribution < -0.4 is 16.0 Å². The second kappa shape index (κ2) is 7.13. The maximum Gasteiger partial charge on any atom is 0.239 e. The average molecular weight is 316 g/mol. The third-order valence-electron chi connectivity index (χ3n) is 3.01. The molecule has 0 aliphatic rings. The van der Waals surface area contributed by atoms with E-state index in [4.69, 9.17) is 0 Å². The van der Waals surface area contributed by atoms with Crippen molar-refractivity contribution >= 4 is 17.5 Å². The molecule has 0 fully saturated rings. The highest BCUT2D eigenvalue weighted by atomic mass is 16.2. The predicted octanol–water partition coefficient (Wildman–Crippen LogP) is 0.914. The summed E-state index contributed by atoms with van der Waals surface area (Å²) in [5.74, 6) is 0.485. The number of carbonyl (C=O) groups excluding carboxylic acids is 1. The highest BCUT2D eigenvalue weighted by Gasteiger charge is 2.13. The highest BCUT2D eigenvalue weighted by molar-refractivity contribution is 5.86. The van der Waals surface area contributed by atoms with Crippen LogP contribution in [0.5, 0.6) is 0 Å². The molecule has 2 rings (SSSR count). The van der Waals surface area contributed by atoms with Gasteiger partial charge in [0.15, 0.2) is 5.96 Å². The average Bonchev–Trinajstić information content (AvgIpc) is 2.88. The third kappa shape index (κ3) is 5.28. The van der Waals surface area contributed by atoms with Gasteiger partial charge in [-0.25, -0.2) is 4.98 Å². The molecule has 0 saturated carbocycles. The summed E-state index contributed by atoms with van der Waals surface area (Å²) in [5, 5.41) is 9.03. The summed E-state index contributed by atoms with van der Waals surface area (Å²) in [5.41, 5.74) is 1.56. The van der Waals surface area contributed by atoms with Crippen LogP contribution in [-0.2, 0) is 11.3 Å². The quantitative estimate of drug-likeness (QED) is 0.578. The summed E-state index contributed by atoms with van der Waals surface area (Å²) in [6.07, 6.45) is 3.91. The SMILES string of the molecule is CN=C(NCC(=O)NC(C)(C)C)NCc1cn2ccccc2n1. The number of carbonyl (C=O) groups is 1. The first-order chi connectivity index (χ1) is 10.9. The molecule has 2 aromatic heterocycles. The van der Waals surface area contributed by atoms with Crippen LogP contribution in [0.3, 0.4) is 0 Å². The summed E-state index contributed by atoms with van der Waals surface area (Å²) in [6.45, 7) is 6.54. The molecule has 23 heavy (non-hydrogen) atoms. The Kier molecular flexibility index (Phi) is 5.20. The van der Waals surface area contributed by atoms with Gasteiger partial charge in [-0.2, -0.15) is 0 Å². The van der Waals surface area contributed by atoms with E-state index in [1.807, 2.05) is 55.8 Å². The molecule has 2 heterocycles. The van der Waals surface area contributed by atoms with Gasteiger partial charge in [0.05, 0.1) is 18.8 Å². The maximum absolute atomic E-state index is 11.8. The van der Waals surface area contributed by atoms with Crippen molar-refractivity contribution in [2.45, 2.75) is 32.9 Å². The Hall–Kier alpha value is -2.57. The molecule has 124 valence electrons.